The number of benzene rings is 3. The van der Waals surface area contributed by atoms with Crippen LogP contribution >= 0.6 is 11.6 Å². The van der Waals surface area contributed by atoms with Crippen LogP contribution in [-0.2, 0) is 0 Å². The first kappa shape index (κ1) is 17.2. The van der Waals surface area contributed by atoms with Crippen molar-refractivity contribution >= 4 is 34.5 Å². The van der Waals surface area contributed by atoms with Crippen LogP contribution in [0.4, 0.5) is 0 Å². The molecule has 0 aliphatic heterocycles. The van der Waals surface area contributed by atoms with Crippen molar-refractivity contribution in [1.29, 1.82) is 0 Å². The Hall–Kier alpha value is -3.23. The normalized spacial score (nSPS) is 12.0. The van der Waals surface area contributed by atoms with Crippen molar-refractivity contribution in [3.63, 3.8) is 0 Å². The predicted octanol–water partition coefficient (Wildman–Crippen LogP) is 4.75. The van der Waals surface area contributed by atoms with Gasteiger partial charge < -0.3 is 0 Å². The summed E-state index contributed by atoms with van der Waals surface area (Å²) in [5.74, 6) is 0.587. The first-order valence-electron chi connectivity index (χ1n) is 8.60. The molecule has 0 aliphatic carbocycles. The number of halogens is 1. The summed E-state index contributed by atoms with van der Waals surface area (Å²) in [4.78, 5) is 9.20. The number of fused-ring (bicyclic) bond motifs is 1. The number of allylic oxidation sites excluding steroid dienone is 1. The molecule has 1 aromatic heterocycles. The zero-order valence-corrected chi connectivity index (χ0v) is 15.4. The predicted molar refractivity (Wildman–Crippen MR) is 114 cm³/mol. The highest BCUT2D eigenvalue weighted by Gasteiger charge is 2.09. The van der Waals surface area contributed by atoms with Crippen LogP contribution in [-0.4, -0.2) is 9.97 Å². The molecule has 1 heterocycles. The maximum atomic E-state index is 6.33. The van der Waals surface area contributed by atoms with Gasteiger partial charge >= 0.3 is 0 Å². The van der Waals surface area contributed by atoms with Gasteiger partial charge in [0.25, 0.3) is 0 Å². The Balaban J connectivity index is 1.94. The van der Waals surface area contributed by atoms with E-state index in [1.54, 1.807) is 12.1 Å². The number of aromatic nitrogens is 2. The van der Waals surface area contributed by atoms with Gasteiger partial charge in [0.1, 0.15) is 5.15 Å². The van der Waals surface area contributed by atoms with E-state index in [2.05, 4.69) is 42.4 Å². The van der Waals surface area contributed by atoms with Gasteiger partial charge in [0.2, 0.25) is 0 Å². The van der Waals surface area contributed by atoms with Crippen molar-refractivity contribution in [2.45, 2.75) is 0 Å². The SMILES string of the molecule is C=C/C(c1cc(Cl)nc(-c2ccc3ccccc3c2)n1)=c1/ccccc1=C. The summed E-state index contributed by atoms with van der Waals surface area (Å²) in [6.07, 6.45) is 1.78. The zero-order valence-electron chi connectivity index (χ0n) is 14.7. The maximum Gasteiger partial charge on any atom is 0.161 e. The van der Waals surface area contributed by atoms with Gasteiger partial charge in [-0.1, -0.05) is 91.5 Å². The van der Waals surface area contributed by atoms with Crippen LogP contribution in [0.25, 0.3) is 34.3 Å². The molecule has 0 radical (unpaired) electrons. The fourth-order valence-electron chi connectivity index (χ4n) is 3.15. The molecule has 3 heteroatoms. The second-order valence-corrected chi connectivity index (χ2v) is 6.62. The molecular formula is C24H17ClN2. The molecular weight excluding hydrogens is 352 g/mol. The third-order valence-electron chi connectivity index (χ3n) is 4.49. The van der Waals surface area contributed by atoms with Gasteiger partial charge in [-0.15, -0.1) is 0 Å². The molecule has 3 aromatic carbocycles. The Labute approximate surface area is 162 Å². The lowest BCUT2D eigenvalue weighted by molar-refractivity contribution is 1.15. The van der Waals surface area contributed by atoms with E-state index in [4.69, 9.17) is 16.6 Å². The van der Waals surface area contributed by atoms with E-state index in [9.17, 15) is 0 Å². The largest absolute Gasteiger partial charge is 0.228 e. The van der Waals surface area contributed by atoms with Gasteiger partial charge in [0.05, 0.1) is 5.69 Å². The molecule has 2 nitrogen and oxygen atoms in total. The minimum absolute atomic E-state index is 0.393. The monoisotopic (exact) mass is 368 g/mol. The molecule has 0 saturated carbocycles. The van der Waals surface area contributed by atoms with Crippen molar-refractivity contribution < 1.29 is 0 Å². The third-order valence-corrected chi connectivity index (χ3v) is 4.68. The lowest BCUT2D eigenvalue weighted by Gasteiger charge is -2.08. The lowest BCUT2D eigenvalue weighted by atomic mass is 10.1. The minimum atomic E-state index is 0.393. The van der Waals surface area contributed by atoms with E-state index < -0.39 is 0 Å². The molecule has 0 aliphatic rings. The van der Waals surface area contributed by atoms with Crippen LogP contribution in [0.3, 0.4) is 0 Å². The van der Waals surface area contributed by atoms with Crippen LogP contribution in [0.5, 0.6) is 0 Å². The summed E-state index contributed by atoms with van der Waals surface area (Å²) in [5, 5.41) is 4.59. The quantitative estimate of drug-likeness (QED) is 0.488. The highest BCUT2D eigenvalue weighted by atomic mass is 35.5. The summed E-state index contributed by atoms with van der Waals surface area (Å²) >= 11 is 6.33. The number of rotatable bonds is 3. The van der Waals surface area contributed by atoms with Gasteiger partial charge in [-0.25, -0.2) is 9.97 Å². The van der Waals surface area contributed by atoms with Gasteiger partial charge in [0, 0.05) is 17.2 Å². The average molecular weight is 369 g/mol. The molecule has 4 aromatic rings. The molecule has 0 N–H and O–H groups in total. The van der Waals surface area contributed by atoms with Crippen LogP contribution in [0.15, 0.2) is 85.5 Å². The first-order chi connectivity index (χ1) is 13.2. The van der Waals surface area contributed by atoms with Crippen LogP contribution in [0.1, 0.15) is 5.69 Å². The van der Waals surface area contributed by atoms with Gasteiger partial charge in [-0.05, 0) is 27.3 Å². The summed E-state index contributed by atoms with van der Waals surface area (Å²) in [6.45, 7) is 8.07. The highest BCUT2D eigenvalue weighted by molar-refractivity contribution is 6.29. The van der Waals surface area contributed by atoms with E-state index in [1.165, 1.54) is 5.39 Å². The molecule has 0 spiro atoms. The first-order valence-corrected chi connectivity index (χ1v) is 8.98. The molecule has 4 rings (SSSR count). The molecule has 0 unspecified atom stereocenters. The molecule has 0 atom stereocenters. The third kappa shape index (κ3) is 3.40. The van der Waals surface area contributed by atoms with Crippen LogP contribution < -0.4 is 10.4 Å². The van der Waals surface area contributed by atoms with Crippen molar-refractivity contribution in [3.05, 3.63) is 107 Å². The van der Waals surface area contributed by atoms with E-state index in [0.29, 0.717) is 11.0 Å². The van der Waals surface area contributed by atoms with E-state index in [0.717, 1.165) is 32.7 Å². The number of hydrogen-bond donors (Lipinski definition) is 0. The molecule has 0 saturated heterocycles. The minimum Gasteiger partial charge on any atom is -0.228 e. The van der Waals surface area contributed by atoms with E-state index >= 15 is 0 Å². The number of nitrogens with zero attached hydrogens (tertiary/aromatic N) is 2. The van der Waals surface area contributed by atoms with Crippen molar-refractivity contribution in [1.82, 2.24) is 9.97 Å². The van der Waals surface area contributed by atoms with Gasteiger partial charge in [-0.2, -0.15) is 0 Å². The maximum absolute atomic E-state index is 6.33. The highest BCUT2D eigenvalue weighted by Crippen LogP contribution is 2.24. The van der Waals surface area contributed by atoms with Crippen molar-refractivity contribution in [2.75, 3.05) is 0 Å². The van der Waals surface area contributed by atoms with Gasteiger partial charge in [-0.3, -0.25) is 0 Å². The average Bonchev–Trinajstić information content (AvgIpc) is 2.69. The molecule has 0 amide bonds. The Morgan fingerprint density at radius 3 is 2.37 bits per heavy atom. The van der Waals surface area contributed by atoms with Crippen LogP contribution in [0.2, 0.25) is 5.15 Å². The van der Waals surface area contributed by atoms with E-state index in [1.807, 2.05) is 42.5 Å². The summed E-state index contributed by atoms with van der Waals surface area (Å²) < 4.78 is 0. The standard InChI is InChI=1S/C24H17ClN2/c1-3-20(21-11-7-4-8-16(21)2)22-15-23(25)27-24(26-22)19-13-12-17-9-5-6-10-18(17)14-19/h3-15H,1-2H2/b21-20+. The smallest absolute Gasteiger partial charge is 0.161 e. The molecule has 0 fully saturated rings. The Bertz CT molecular complexity index is 1280. The second-order valence-electron chi connectivity index (χ2n) is 6.24. The fraction of sp³-hybridized carbons (Fsp3) is 0. The second kappa shape index (κ2) is 7.18. The van der Waals surface area contributed by atoms with Crippen molar-refractivity contribution in [3.8, 4) is 11.4 Å². The lowest BCUT2D eigenvalue weighted by Crippen LogP contribution is -2.25. The number of hydrogen-bond acceptors (Lipinski definition) is 2. The summed E-state index contributed by atoms with van der Waals surface area (Å²) in [7, 11) is 0. The Morgan fingerprint density at radius 2 is 1.59 bits per heavy atom. The molecule has 0 bridgehead atoms. The Kier molecular flexibility index (Phi) is 4.57. The van der Waals surface area contributed by atoms with E-state index in [-0.39, 0.29) is 0 Å². The molecule has 27 heavy (non-hydrogen) atoms. The zero-order chi connectivity index (χ0) is 18.8. The Morgan fingerprint density at radius 1 is 0.852 bits per heavy atom. The van der Waals surface area contributed by atoms with Crippen molar-refractivity contribution in [2.24, 2.45) is 0 Å². The summed E-state index contributed by atoms with van der Waals surface area (Å²) in [6, 6.07) is 24.0. The molecule has 130 valence electrons. The topological polar surface area (TPSA) is 25.8 Å². The van der Waals surface area contributed by atoms with Crippen LogP contribution in [0, 0.1) is 0 Å². The fourth-order valence-corrected chi connectivity index (χ4v) is 3.33. The summed E-state index contributed by atoms with van der Waals surface area (Å²) in [5.41, 5.74) is 2.53. The van der Waals surface area contributed by atoms with Gasteiger partial charge in [0.15, 0.2) is 5.82 Å².